The molecule has 3 heteroatoms. The number of rotatable bonds is 2. The molecule has 2 nitrogen and oxygen atoms in total. The first kappa shape index (κ1) is 12.6. The molecule has 1 aromatic carbocycles. The van der Waals surface area contributed by atoms with Crippen LogP contribution < -0.4 is 0 Å². The summed E-state index contributed by atoms with van der Waals surface area (Å²) < 4.78 is 0. The normalized spacial score (nSPS) is 19.6. The molecule has 0 heterocycles. The van der Waals surface area contributed by atoms with Crippen LogP contribution in [0.15, 0.2) is 24.3 Å². The molecule has 0 spiro atoms. The number of ketones is 1. The number of benzene rings is 1. The van der Waals surface area contributed by atoms with E-state index in [1.54, 1.807) is 0 Å². The standard InChI is InChI=1S/C14H18ClNO/c1-16(2)14(9-7-11(17)8-10-14)12-5-3-4-6-13(12)15/h3-6H,7-10H2,1-2H3. The minimum atomic E-state index is -0.0771. The zero-order valence-electron chi connectivity index (χ0n) is 10.4. The van der Waals surface area contributed by atoms with Gasteiger partial charge in [-0.15, -0.1) is 0 Å². The summed E-state index contributed by atoms with van der Waals surface area (Å²) in [7, 11) is 4.14. The van der Waals surface area contributed by atoms with Crippen LogP contribution in [-0.4, -0.2) is 24.8 Å². The quantitative estimate of drug-likeness (QED) is 0.804. The minimum Gasteiger partial charge on any atom is -0.300 e. The summed E-state index contributed by atoms with van der Waals surface area (Å²) >= 11 is 6.32. The lowest BCUT2D eigenvalue weighted by Gasteiger charge is -2.43. The smallest absolute Gasteiger partial charge is 0.133 e. The van der Waals surface area contributed by atoms with Crippen molar-refractivity contribution in [3.8, 4) is 0 Å². The highest BCUT2D eigenvalue weighted by molar-refractivity contribution is 6.31. The summed E-state index contributed by atoms with van der Waals surface area (Å²) in [5.74, 6) is 0.370. The van der Waals surface area contributed by atoms with Gasteiger partial charge in [0.1, 0.15) is 5.78 Å². The molecule has 0 atom stereocenters. The topological polar surface area (TPSA) is 20.3 Å². The second kappa shape index (κ2) is 4.79. The van der Waals surface area contributed by atoms with Gasteiger partial charge in [-0.25, -0.2) is 0 Å². The maximum Gasteiger partial charge on any atom is 0.133 e. The van der Waals surface area contributed by atoms with Gasteiger partial charge in [-0.2, -0.15) is 0 Å². The maximum atomic E-state index is 11.4. The first-order valence-corrected chi connectivity index (χ1v) is 6.38. The summed E-state index contributed by atoms with van der Waals surface area (Å²) in [6, 6.07) is 7.97. The lowest BCUT2D eigenvalue weighted by Crippen LogP contribution is -2.44. The average Bonchev–Trinajstić information content (AvgIpc) is 2.31. The Labute approximate surface area is 108 Å². The number of carbonyl (C=O) groups is 1. The maximum absolute atomic E-state index is 11.4. The molecule has 17 heavy (non-hydrogen) atoms. The van der Waals surface area contributed by atoms with Crippen molar-refractivity contribution in [2.24, 2.45) is 0 Å². The third-order valence-electron chi connectivity index (χ3n) is 3.87. The van der Waals surface area contributed by atoms with Crippen LogP contribution in [-0.2, 0) is 10.3 Å². The fourth-order valence-electron chi connectivity index (χ4n) is 2.74. The zero-order chi connectivity index (χ0) is 12.5. The molecule has 0 radical (unpaired) electrons. The molecule has 0 N–H and O–H groups in total. The Hall–Kier alpha value is -0.860. The molecular formula is C14H18ClNO. The molecule has 0 unspecified atom stereocenters. The van der Waals surface area contributed by atoms with E-state index in [2.05, 4.69) is 25.1 Å². The van der Waals surface area contributed by atoms with Crippen LogP contribution in [0.5, 0.6) is 0 Å². The Morgan fingerprint density at radius 1 is 1.18 bits per heavy atom. The van der Waals surface area contributed by atoms with Crippen molar-refractivity contribution in [3.05, 3.63) is 34.9 Å². The molecule has 0 bridgehead atoms. The molecule has 0 saturated heterocycles. The molecule has 1 aliphatic rings. The fourth-order valence-corrected chi connectivity index (χ4v) is 3.05. The highest BCUT2D eigenvalue weighted by atomic mass is 35.5. The summed E-state index contributed by atoms with van der Waals surface area (Å²) in [5, 5.41) is 0.801. The minimum absolute atomic E-state index is 0.0771. The summed E-state index contributed by atoms with van der Waals surface area (Å²) in [6.45, 7) is 0. The van der Waals surface area contributed by atoms with Gasteiger partial charge in [-0.1, -0.05) is 29.8 Å². The van der Waals surface area contributed by atoms with Crippen LogP contribution in [0.1, 0.15) is 31.2 Å². The zero-order valence-corrected chi connectivity index (χ0v) is 11.1. The molecule has 1 aliphatic carbocycles. The third kappa shape index (κ3) is 2.24. The van der Waals surface area contributed by atoms with E-state index < -0.39 is 0 Å². The predicted octanol–water partition coefficient (Wildman–Crippen LogP) is 3.24. The molecule has 1 saturated carbocycles. The van der Waals surface area contributed by atoms with Gasteiger partial charge < -0.3 is 0 Å². The summed E-state index contributed by atoms with van der Waals surface area (Å²) in [5.41, 5.74) is 1.07. The average molecular weight is 252 g/mol. The lowest BCUT2D eigenvalue weighted by atomic mass is 9.75. The van der Waals surface area contributed by atoms with Crippen LogP contribution in [0.2, 0.25) is 5.02 Å². The molecular weight excluding hydrogens is 234 g/mol. The van der Waals surface area contributed by atoms with E-state index in [4.69, 9.17) is 11.6 Å². The van der Waals surface area contributed by atoms with E-state index in [0.29, 0.717) is 18.6 Å². The lowest BCUT2D eigenvalue weighted by molar-refractivity contribution is -0.122. The van der Waals surface area contributed by atoms with Gasteiger partial charge >= 0.3 is 0 Å². The molecule has 0 aliphatic heterocycles. The van der Waals surface area contributed by atoms with Crippen LogP contribution in [0, 0.1) is 0 Å². The van der Waals surface area contributed by atoms with Crippen molar-refractivity contribution in [3.63, 3.8) is 0 Å². The molecule has 1 aromatic rings. The van der Waals surface area contributed by atoms with Crippen LogP contribution >= 0.6 is 11.6 Å². The number of nitrogens with zero attached hydrogens (tertiary/aromatic N) is 1. The van der Waals surface area contributed by atoms with Gasteiger partial charge in [-0.05, 0) is 38.6 Å². The first-order chi connectivity index (χ1) is 8.06. The summed E-state index contributed by atoms with van der Waals surface area (Å²) in [4.78, 5) is 13.6. The Kier molecular flexibility index (Phi) is 3.55. The Balaban J connectivity index is 2.42. The van der Waals surface area contributed by atoms with E-state index in [0.717, 1.165) is 23.4 Å². The number of hydrogen-bond acceptors (Lipinski definition) is 2. The van der Waals surface area contributed by atoms with E-state index in [-0.39, 0.29) is 5.54 Å². The van der Waals surface area contributed by atoms with Crippen LogP contribution in [0.25, 0.3) is 0 Å². The van der Waals surface area contributed by atoms with Gasteiger partial charge in [0.2, 0.25) is 0 Å². The number of hydrogen-bond donors (Lipinski definition) is 0. The summed E-state index contributed by atoms with van der Waals surface area (Å²) in [6.07, 6.45) is 3.04. The highest BCUT2D eigenvalue weighted by Crippen LogP contribution is 2.42. The largest absolute Gasteiger partial charge is 0.300 e. The van der Waals surface area contributed by atoms with Crippen LogP contribution in [0.3, 0.4) is 0 Å². The first-order valence-electron chi connectivity index (χ1n) is 6.00. The third-order valence-corrected chi connectivity index (χ3v) is 4.20. The van der Waals surface area contributed by atoms with E-state index >= 15 is 0 Å². The monoisotopic (exact) mass is 251 g/mol. The van der Waals surface area contributed by atoms with Crippen molar-refractivity contribution in [2.75, 3.05) is 14.1 Å². The fraction of sp³-hybridized carbons (Fsp3) is 0.500. The number of Topliss-reactive ketones (excluding diaryl/α,β-unsaturated/α-hetero) is 1. The second-order valence-electron chi connectivity index (χ2n) is 4.94. The van der Waals surface area contributed by atoms with Gasteiger partial charge in [0.15, 0.2) is 0 Å². The van der Waals surface area contributed by atoms with Crippen molar-refractivity contribution in [1.29, 1.82) is 0 Å². The van der Waals surface area contributed by atoms with E-state index in [1.165, 1.54) is 0 Å². The highest BCUT2D eigenvalue weighted by Gasteiger charge is 2.39. The van der Waals surface area contributed by atoms with Crippen molar-refractivity contribution >= 4 is 17.4 Å². The molecule has 0 aromatic heterocycles. The van der Waals surface area contributed by atoms with Gasteiger partial charge in [0.25, 0.3) is 0 Å². The van der Waals surface area contributed by atoms with Gasteiger partial charge in [0.05, 0.1) is 0 Å². The molecule has 0 amide bonds. The molecule has 92 valence electrons. The van der Waals surface area contributed by atoms with Crippen molar-refractivity contribution < 1.29 is 4.79 Å². The number of carbonyl (C=O) groups excluding carboxylic acids is 1. The van der Waals surface area contributed by atoms with Crippen molar-refractivity contribution in [1.82, 2.24) is 4.90 Å². The van der Waals surface area contributed by atoms with Gasteiger partial charge in [0, 0.05) is 23.4 Å². The molecule has 1 fully saturated rings. The second-order valence-corrected chi connectivity index (χ2v) is 5.35. The van der Waals surface area contributed by atoms with E-state index in [9.17, 15) is 4.79 Å². The predicted molar refractivity (Wildman–Crippen MR) is 70.3 cm³/mol. The SMILES string of the molecule is CN(C)C1(c2ccccc2Cl)CCC(=O)CC1. The number of halogens is 1. The van der Waals surface area contributed by atoms with E-state index in [1.807, 2.05) is 18.2 Å². The van der Waals surface area contributed by atoms with Crippen LogP contribution in [0.4, 0.5) is 0 Å². The Morgan fingerprint density at radius 2 is 1.76 bits per heavy atom. The van der Waals surface area contributed by atoms with Gasteiger partial charge in [-0.3, -0.25) is 9.69 Å². The Bertz CT molecular complexity index is 418. The Morgan fingerprint density at radius 3 is 2.29 bits per heavy atom. The molecule has 2 rings (SSSR count). The van der Waals surface area contributed by atoms with Crippen molar-refractivity contribution in [2.45, 2.75) is 31.2 Å².